The van der Waals surface area contributed by atoms with Crippen molar-refractivity contribution in [2.75, 3.05) is 19.0 Å². The smallest absolute Gasteiger partial charge is 0.340 e. The summed E-state index contributed by atoms with van der Waals surface area (Å²) in [5.41, 5.74) is 2.20. The van der Waals surface area contributed by atoms with Crippen LogP contribution in [0, 0.1) is 0 Å². The van der Waals surface area contributed by atoms with Gasteiger partial charge in [-0.05, 0) is 50.2 Å². The summed E-state index contributed by atoms with van der Waals surface area (Å²) in [6.45, 7) is 3.83. The second-order valence-corrected chi connectivity index (χ2v) is 5.31. The third kappa shape index (κ3) is 4.94. The van der Waals surface area contributed by atoms with E-state index in [1.807, 2.05) is 6.07 Å². The Bertz CT molecular complexity index is 779. The van der Waals surface area contributed by atoms with Gasteiger partial charge in [-0.15, -0.1) is 0 Å². The Morgan fingerprint density at radius 2 is 1.76 bits per heavy atom. The van der Waals surface area contributed by atoms with Gasteiger partial charge in [0, 0.05) is 17.3 Å². The summed E-state index contributed by atoms with van der Waals surface area (Å²) < 4.78 is 10.1. The predicted molar refractivity (Wildman–Crippen MR) is 97.1 cm³/mol. The van der Waals surface area contributed by atoms with Gasteiger partial charge >= 0.3 is 5.97 Å². The fraction of sp³-hybridized carbons (Fsp3) is 0.200. The number of hydrogen-bond donors (Lipinski definition) is 1. The van der Waals surface area contributed by atoms with Gasteiger partial charge in [0.05, 0.1) is 25.0 Å². The van der Waals surface area contributed by atoms with E-state index in [1.165, 1.54) is 6.08 Å². The number of nitrogens with one attached hydrogen (secondary N) is 1. The van der Waals surface area contributed by atoms with Crippen LogP contribution in [-0.2, 0) is 4.74 Å². The van der Waals surface area contributed by atoms with E-state index in [2.05, 4.69) is 5.32 Å². The first-order valence-corrected chi connectivity index (χ1v) is 7.95. The zero-order valence-electron chi connectivity index (χ0n) is 14.5. The molecule has 0 aliphatic carbocycles. The van der Waals surface area contributed by atoms with E-state index < -0.39 is 5.97 Å². The number of esters is 1. The molecule has 2 aromatic rings. The van der Waals surface area contributed by atoms with Crippen molar-refractivity contribution in [2.24, 2.45) is 0 Å². The Labute approximate surface area is 147 Å². The van der Waals surface area contributed by atoms with Gasteiger partial charge in [-0.25, -0.2) is 4.79 Å². The number of rotatable bonds is 7. The summed E-state index contributed by atoms with van der Waals surface area (Å²) in [5, 5.41) is 3.09. The molecule has 0 radical (unpaired) electrons. The van der Waals surface area contributed by atoms with Crippen LogP contribution in [0.4, 0.5) is 5.69 Å². The third-order valence-electron chi connectivity index (χ3n) is 3.48. The largest absolute Gasteiger partial charge is 0.497 e. The SMILES string of the molecule is CCOC(=O)c1ccccc1N/C(C)=C/C(=O)c1ccc(OC)cc1. The van der Waals surface area contributed by atoms with Crippen molar-refractivity contribution in [2.45, 2.75) is 13.8 Å². The standard InChI is InChI=1S/C20H21NO4/c1-4-25-20(23)17-7-5-6-8-18(17)21-14(2)13-19(22)15-9-11-16(24-3)12-10-15/h5-13,21H,4H2,1-3H3/b14-13+. The first-order chi connectivity index (χ1) is 12.0. The number of methoxy groups -OCH3 is 1. The summed E-state index contributed by atoms with van der Waals surface area (Å²) in [6, 6.07) is 13.9. The Morgan fingerprint density at radius 3 is 2.40 bits per heavy atom. The van der Waals surface area contributed by atoms with Crippen LogP contribution in [0.5, 0.6) is 5.75 Å². The van der Waals surface area contributed by atoms with Gasteiger partial charge in [0.25, 0.3) is 0 Å². The molecule has 0 spiro atoms. The maximum atomic E-state index is 12.3. The van der Waals surface area contributed by atoms with Crippen LogP contribution in [0.3, 0.4) is 0 Å². The van der Waals surface area contributed by atoms with Gasteiger partial charge < -0.3 is 14.8 Å². The third-order valence-corrected chi connectivity index (χ3v) is 3.48. The maximum Gasteiger partial charge on any atom is 0.340 e. The van der Waals surface area contributed by atoms with Crippen molar-refractivity contribution >= 4 is 17.4 Å². The van der Waals surface area contributed by atoms with E-state index in [-0.39, 0.29) is 5.78 Å². The van der Waals surface area contributed by atoms with Crippen LogP contribution in [0.15, 0.2) is 60.3 Å². The molecule has 5 heteroatoms. The minimum absolute atomic E-state index is 0.138. The molecule has 0 unspecified atom stereocenters. The van der Waals surface area contributed by atoms with Crippen molar-refractivity contribution in [1.29, 1.82) is 0 Å². The highest BCUT2D eigenvalue weighted by Gasteiger charge is 2.12. The molecule has 0 heterocycles. The average molecular weight is 339 g/mol. The van der Waals surface area contributed by atoms with Crippen LogP contribution >= 0.6 is 0 Å². The number of allylic oxidation sites excluding steroid dienone is 2. The molecule has 2 aromatic carbocycles. The minimum atomic E-state index is -0.403. The summed E-state index contributed by atoms with van der Waals surface area (Å²) in [4.78, 5) is 24.3. The second kappa shape index (κ2) is 8.68. The topological polar surface area (TPSA) is 64.6 Å². The maximum absolute atomic E-state index is 12.3. The summed E-state index contributed by atoms with van der Waals surface area (Å²) in [6.07, 6.45) is 1.49. The van der Waals surface area contributed by atoms with Crippen LogP contribution in [0.2, 0.25) is 0 Å². The van der Waals surface area contributed by atoms with Crippen molar-refractivity contribution in [3.05, 3.63) is 71.4 Å². The first kappa shape index (κ1) is 18.3. The lowest BCUT2D eigenvalue weighted by atomic mass is 10.1. The molecule has 130 valence electrons. The fourth-order valence-electron chi connectivity index (χ4n) is 2.26. The molecule has 0 aromatic heterocycles. The normalized spacial score (nSPS) is 10.9. The lowest BCUT2D eigenvalue weighted by molar-refractivity contribution is 0.0527. The van der Waals surface area contributed by atoms with Crippen molar-refractivity contribution < 1.29 is 19.1 Å². The van der Waals surface area contributed by atoms with Gasteiger partial charge in [0.1, 0.15) is 5.75 Å². The molecule has 25 heavy (non-hydrogen) atoms. The average Bonchev–Trinajstić information content (AvgIpc) is 2.62. The molecular weight excluding hydrogens is 318 g/mol. The number of ether oxygens (including phenoxy) is 2. The van der Waals surface area contributed by atoms with E-state index in [9.17, 15) is 9.59 Å². The highest BCUT2D eigenvalue weighted by Crippen LogP contribution is 2.19. The highest BCUT2D eigenvalue weighted by atomic mass is 16.5. The van der Waals surface area contributed by atoms with E-state index >= 15 is 0 Å². The fourth-order valence-corrected chi connectivity index (χ4v) is 2.26. The molecule has 0 aliphatic rings. The molecule has 0 atom stereocenters. The molecule has 0 bridgehead atoms. The highest BCUT2D eigenvalue weighted by molar-refractivity contribution is 6.05. The van der Waals surface area contributed by atoms with E-state index in [1.54, 1.807) is 63.4 Å². The summed E-state index contributed by atoms with van der Waals surface area (Å²) in [7, 11) is 1.58. The monoisotopic (exact) mass is 339 g/mol. The van der Waals surface area contributed by atoms with Crippen LogP contribution in [0.25, 0.3) is 0 Å². The van der Waals surface area contributed by atoms with Crippen LogP contribution < -0.4 is 10.1 Å². The lowest BCUT2D eigenvalue weighted by Gasteiger charge is -2.11. The van der Waals surface area contributed by atoms with Gasteiger partial charge in [-0.2, -0.15) is 0 Å². The Kier molecular flexibility index (Phi) is 6.34. The lowest BCUT2D eigenvalue weighted by Crippen LogP contribution is -2.09. The second-order valence-electron chi connectivity index (χ2n) is 5.31. The number of anilines is 1. The van der Waals surface area contributed by atoms with E-state index in [0.29, 0.717) is 34.9 Å². The summed E-state index contributed by atoms with van der Waals surface area (Å²) in [5.74, 6) is 0.153. The first-order valence-electron chi connectivity index (χ1n) is 7.95. The number of carbonyl (C=O) groups is 2. The molecule has 2 rings (SSSR count). The van der Waals surface area contributed by atoms with Gasteiger partial charge in [-0.1, -0.05) is 12.1 Å². The number of hydrogen-bond acceptors (Lipinski definition) is 5. The van der Waals surface area contributed by atoms with Crippen LogP contribution in [0.1, 0.15) is 34.6 Å². The molecule has 5 nitrogen and oxygen atoms in total. The van der Waals surface area contributed by atoms with Gasteiger partial charge in [-0.3, -0.25) is 4.79 Å². The molecule has 0 amide bonds. The van der Waals surface area contributed by atoms with Crippen molar-refractivity contribution in [1.82, 2.24) is 0 Å². The van der Waals surface area contributed by atoms with Crippen molar-refractivity contribution in [3.8, 4) is 5.75 Å². The number of para-hydroxylation sites is 1. The van der Waals surface area contributed by atoms with Crippen LogP contribution in [-0.4, -0.2) is 25.5 Å². The Balaban J connectivity index is 2.15. The zero-order chi connectivity index (χ0) is 18.2. The number of ketones is 1. The Morgan fingerprint density at radius 1 is 1.08 bits per heavy atom. The zero-order valence-corrected chi connectivity index (χ0v) is 14.5. The summed E-state index contributed by atoms with van der Waals surface area (Å²) >= 11 is 0. The molecule has 0 saturated carbocycles. The van der Waals surface area contributed by atoms with Gasteiger partial charge in [0.15, 0.2) is 5.78 Å². The minimum Gasteiger partial charge on any atom is -0.497 e. The molecule has 0 aliphatic heterocycles. The number of carbonyl (C=O) groups excluding carboxylic acids is 2. The molecule has 0 saturated heterocycles. The molecule has 0 fully saturated rings. The number of benzene rings is 2. The molecule has 1 N–H and O–H groups in total. The van der Waals surface area contributed by atoms with E-state index in [4.69, 9.17) is 9.47 Å². The Hall–Kier alpha value is -3.08. The van der Waals surface area contributed by atoms with E-state index in [0.717, 1.165) is 0 Å². The quantitative estimate of drug-likeness (QED) is 0.468. The molecular formula is C20H21NO4. The van der Waals surface area contributed by atoms with Gasteiger partial charge in [0.2, 0.25) is 0 Å². The predicted octanol–water partition coefficient (Wildman–Crippen LogP) is 4.07. The van der Waals surface area contributed by atoms with Crippen molar-refractivity contribution in [3.63, 3.8) is 0 Å².